The number of nitrogens with zero attached hydrogens (tertiary/aromatic N) is 4. The molecular formula is C24H30N6O5. The molecule has 0 aliphatic carbocycles. The molecule has 1 saturated heterocycles. The fourth-order valence-corrected chi connectivity index (χ4v) is 4.28. The lowest BCUT2D eigenvalue weighted by molar-refractivity contribution is -0.137. The van der Waals surface area contributed by atoms with Crippen LogP contribution in [0.5, 0.6) is 0 Å². The van der Waals surface area contributed by atoms with E-state index in [9.17, 15) is 24.4 Å². The number of carbonyl (C=O) groups is 3. The Balaban J connectivity index is 1.82. The van der Waals surface area contributed by atoms with Gasteiger partial charge in [0.2, 0.25) is 11.8 Å². The summed E-state index contributed by atoms with van der Waals surface area (Å²) in [5.41, 5.74) is 4.13. The van der Waals surface area contributed by atoms with Crippen molar-refractivity contribution in [3.05, 3.63) is 65.3 Å². The molecule has 0 saturated carbocycles. The van der Waals surface area contributed by atoms with Gasteiger partial charge < -0.3 is 15.3 Å². The molecule has 11 nitrogen and oxygen atoms in total. The van der Waals surface area contributed by atoms with Crippen molar-refractivity contribution in [2.24, 2.45) is 5.18 Å². The molecule has 2 amide bonds. The van der Waals surface area contributed by atoms with Crippen molar-refractivity contribution in [3.8, 4) is 0 Å². The molecule has 186 valence electrons. The molecular weight excluding hydrogens is 452 g/mol. The van der Waals surface area contributed by atoms with Crippen molar-refractivity contribution in [2.75, 3.05) is 18.1 Å². The fourth-order valence-electron chi connectivity index (χ4n) is 4.28. The van der Waals surface area contributed by atoms with E-state index >= 15 is 0 Å². The van der Waals surface area contributed by atoms with Crippen LogP contribution < -0.4 is 15.6 Å². The van der Waals surface area contributed by atoms with Crippen LogP contribution in [0.25, 0.3) is 0 Å². The number of rotatable bonds is 12. The predicted octanol–water partition coefficient (Wildman–Crippen LogP) is 1.70. The number of nitroso groups, excluding NO2 is 1. The van der Waals surface area contributed by atoms with Crippen LogP contribution in [-0.2, 0) is 20.8 Å². The minimum Gasteiger partial charge on any atom is -0.481 e. The highest BCUT2D eigenvalue weighted by atomic mass is 16.4. The molecule has 3 N–H and O–H groups in total. The van der Waals surface area contributed by atoms with Crippen molar-refractivity contribution in [1.82, 2.24) is 20.7 Å². The molecule has 1 fully saturated rings. The summed E-state index contributed by atoms with van der Waals surface area (Å²) in [4.78, 5) is 54.3. The molecule has 1 aromatic heterocycles. The molecule has 1 aliphatic heterocycles. The SMILES string of the molecule is C[C@H](NC(=O)[C@@H]1CCCN1NCN=O)C(=O)N(c1cccnc1)[C@@H](CC(=O)O)Cc1ccccc1. The zero-order valence-corrected chi connectivity index (χ0v) is 19.5. The van der Waals surface area contributed by atoms with Crippen LogP contribution in [0, 0.1) is 4.91 Å². The number of benzene rings is 1. The number of carbonyl (C=O) groups excluding carboxylic acids is 2. The first kappa shape index (κ1) is 25.9. The maximum absolute atomic E-state index is 13.7. The van der Waals surface area contributed by atoms with Gasteiger partial charge in [-0.15, -0.1) is 4.91 Å². The van der Waals surface area contributed by atoms with Crippen LogP contribution in [0.4, 0.5) is 5.69 Å². The molecule has 0 spiro atoms. The smallest absolute Gasteiger partial charge is 0.305 e. The van der Waals surface area contributed by atoms with Crippen LogP contribution >= 0.6 is 0 Å². The van der Waals surface area contributed by atoms with Crippen molar-refractivity contribution in [3.63, 3.8) is 0 Å². The molecule has 0 bridgehead atoms. The second-order valence-electron chi connectivity index (χ2n) is 8.39. The van der Waals surface area contributed by atoms with Gasteiger partial charge in [-0.25, -0.2) is 10.4 Å². The van der Waals surface area contributed by atoms with Crippen LogP contribution in [-0.4, -0.2) is 64.2 Å². The summed E-state index contributed by atoms with van der Waals surface area (Å²) in [6.07, 6.45) is 4.42. The lowest BCUT2D eigenvalue weighted by Gasteiger charge is -2.34. The van der Waals surface area contributed by atoms with E-state index in [-0.39, 0.29) is 19.0 Å². The van der Waals surface area contributed by atoms with E-state index in [2.05, 4.69) is 20.9 Å². The largest absolute Gasteiger partial charge is 0.481 e. The number of carboxylic acids is 1. The Morgan fingerprint density at radius 2 is 2.00 bits per heavy atom. The lowest BCUT2D eigenvalue weighted by Crippen LogP contribution is -2.56. The van der Waals surface area contributed by atoms with Crippen LogP contribution in [0.1, 0.15) is 31.7 Å². The van der Waals surface area contributed by atoms with Crippen LogP contribution in [0.3, 0.4) is 0 Å². The number of amides is 2. The highest BCUT2D eigenvalue weighted by Crippen LogP contribution is 2.23. The molecule has 0 radical (unpaired) electrons. The third kappa shape index (κ3) is 7.14. The summed E-state index contributed by atoms with van der Waals surface area (Å²) in [5, 5.41) is 16.8. The zero-order valence-electron chi connectivity index (χ0n) is 19.5. The first-order valence-electron chi connectivity index (χ1n) is 11.5. The van der Waals surface area contributed by atoms with Crippen LogP contribution in [0.2, 0.25) is 0 Å². The Morgan fingerprint density at radius 1 is 1.23 bits per heavy atom. The minimum absolute atomic E-state index is 0.149. The standard InChI is InChI=1S/C24H30N6O5/c1-17(28-23(33)21-10-6-12-29(21)26-16-27-35)24(34)30(19-9-5-11-25-15-19)20(14-22(31)32)13-18-7-3-2-4-8-18/h2-5,7-9,11,15,17,20-21,26H,6,10,12-14,16H2,1H3,(H,28,33)(H,31,32)/t17-,20+,21-/m0/s1. The maximum atomic E-state index is 13.7. The third-order valence-electron chi connectivity index (χ3n) is 5.87. The second kappa shape index (κ2) is 12.7. The Bertz CT molecular complexity index is 1010. The number of hydrogen-bond acceptors (Lipinski definition) is 8. The fraction of sp³-hybridized carbons (Fsp3) is 0.417. The summed E-state index contributed by atoms with van der Waals surface area (Å²) in [6.45, 7) is 2.00. The summed E-state index contributed by atoms with van der Waals surface area (Å²) in [6, 6.07) is 10.5. The van der Waals surface area contributed by atoms with Gasteiger partial charge in [0.1, 0.15) is 18.8 Å². The zero-order chi connectivity index (χ0) is 25.2. The van der Waals surface area contributed by atoms with Gasteiger partial charge in [0.15, 0.2) is 0 Å². The average Bonchev–Trinajstić information content (AvgIpc) is 3.32. The number of anilines is 1. The van der Waals surface area contributed by atoms with Crippen molar-refractivity contribution < 1.29 is 19.5 Å². The van der Waals surface area contributed by atoms with Crippen molar-refractivity contribution in [1.29, 1.82) is 0 Å². The van der Waals surface area contributed by atoms with Crippen molar-refractivity contribution in [2.45, 2.75) is 50.7 Å². The summed E-state index contributed by atoms with van der Waals surface area (Å²) in [5.74, 6) is -1.84. The topological polar surface area (TPSA) is 144 Å². The number of nitrogens with one attached hydrogen (secondary N) is 2. The van der Waals surface area contributed by atoms with Crippen LogP contribution in [0.15, 0.2) is 60.0 Å². The minimum atomic E-state index is -1.04. The number of aliphatic carboxylic acids is 1. The molecule has 2 aromatic rings. The molecule has 11 heteroatoms. The van der Waals surface area contributed by atoms with Gasteiger partial charge in [0.05, 0.1) is 24.3 Å². The van der Waals surface area contributed by atoms with E-state index in [1.807, 2.05) is 30.3 Å². The number of aromatic nitrogens is 1. The van der Waals surface area contributed by atoms with E-state index < -0.39 is 30.0 Å². The predicted molar refractivity (Wildman–Crippen MR) is 129 cm³/mol. The quantitative estimate of drug-likeness (QED) is 0.388. The van der Waals surface area contributed by atoms with Gasteiger partial charge in [-0.3, -0.25) is 19.4 Å². The average molecular weight is 483 g/mol. The number of hydrogen-bond donors (Lipinski definition) is 3. The third-order valence-corrected chi connectivity index (χ3v) is 5.87. The first-order valence-corrected chi connectivity index (χ1v) is 11.5. The Hall–Kier alpha value is -3.70. The summed E-state index contributed by atoms with van der Waals surface area (Å²) < 4.78 is 0. The molecule has 1 aliphatic rings. The number of hydrazine groups is 1. The monoisotopic (exact) mass is 482 g/mol. The van der Waals surface area contributed by atoms with Gasteiger partial charge in [-0.1, -0.05) is 35.5 Å². The van der Waals surface area contributed by atoms with Crippen molar-refractivity contribution >= 4 is 23.5 Å². The second-order valence-corrected chi connectivity index (χ2v) is 8.39. The van der Waals surface area contributed by atoms with Gasteiger partial charge >= 0.3 is 5.97 Å². The first-order chi connectivity index (χ1) is 16.9. The molecule has 3 atom stereocenters. The Labute approximate surface area is 203 Å². The van der Waals surface area contributed by atoms with E-state index in [4.69, 9.17) is 0 Å². The number of carboxylic acid groups (broad SMARTS) is 1. The number of pyridine rings is 1. The van der Waals surface area contributed by atoms with Gasteiger partial charge in [-0.2, -0.15) is 0 Å². The maximum Gasteiger partial charge on any atom is 0.305 e. The molecule has 3 rings (SSSR count). The highest BCUT2D eigenvalue weighted by molar-refractivity contribution is 6.00. The molecule has 2 heterocycles. The van der Waals surface area contributed by atoms with E-state index in [1.165, 1.54) is 11.1 Å². The van der Waals surface area contributed by atoms with E-state index in [0.717, 1.165) is 12.0 Å². The highest BCUT2D eigenvalue weighted by Gasteiger charge is 2.35. The molecule has 0 unspecified atom stereocenters. The Kier molecular flexibility index (Phi) is 9.39. The summed E-state index contributed by atoms with van der Waals surface area (Å²) in [7, 11) is 0. The summed E-state index contributed by atoms with van der Waals surface area (Å²) >= 11 is 0. The van der Waals surface area contributed by atoms with E-state index in [0.29, 0.717) is 25.1 Å². The van der Waals surface area contributed by atoms with Gasteiger partial charge in [-0.05, 0) is 43.9 Å². The molecule has 1 aromatic carbocycles. The molecule has 35 heavy (non-hydrogen) atoms. The van der Waals surface area contributed by atoms with Gasteiger partial charge in [0.25, 0.3) is 0 Å². The lowest BCUT2D eigenvalue weighted by atomic mass is 10.00. The Morgan fingerprint density at radius 3 is 2.66 bits per heavy atom. The van der Waals surface area contributed by atoms with Gasteiger partial charge in [0, 0.05) is 12.7 Å². The van der Waals surface area contributed by atoms with E-state index in [1.54, 1.807) is 30.3 Å². The normalized spacial score (nSPS) is 17.3.